The molecule has 2 amide bonds. The highest BCUT2D eigenvalue weighted by atomic mass is 35.5. The number of para-hydroxylation sites is 1. The molecule has 1 heterocycles. The number of carbonyl (C=O) groups excluding carboxylic acids is 2. The van der Waals surface area contributed by atoms with Crippen LogP contribution in [-0.2, 0) is 9.59 Å². The molecule has 3 rings (SSSR count). The van der Waals surface area contributed by atoms with Crippen molar-refractivity contribution >= 4 is 29.1 Å². The Hall–Kier alpha value is -2.53. The van der Waals surface area contributed by atoms with E-state index in [-0.39, 0.29) is 11.8 Å². The van der Waals surface area contributed by atoms with Gasteiger partial charge in [0, 0.05) is 23.2 Å². The number of ether oxygens (including phenoxy) is 1. The van der Waals surface area contributed by atoms with E-state index in [1.807, 2.05) is 24.3 Å². The number of rotatable bonds is 5. The summed E-state index contributed by atoms with van der Waals surface area (Å²) in [4.78, 5) is 25.6. The molecule has 24 heavy (non-hydrogen) atoms. The second-order valence-electron chi connectivity index (χ2n) is 5.48. The molecule has 6 heteroatoms. The number of hydrogen-bond donors (Lipinski definition) is 1. The number of nitrogens with zero attached hydrogens (tertiary/aromatic N) is 1. The lowest BCUT2D eigenvalue weighted by Crippen LogP contribution is -2.38. The van der Waals surface area contributed by atoms with Crippen LogP contribution >= 0.6 is 11.6 Å². The van der Waals surface area contributed by atoms with Crippen LogP contribution < -0.4 is 15.0 Å². The molecule has 1 aliphatic heterocycles. The van der Waals surface area contributed by atoms with Crippen molar-refractivity contribution in [3.05, 3.63) is 59.1 Å². The minimum atomic E-state index is -0.630. The second-order valence-corrected chi connectivity index (χ2v) is 5.92. The quantitative estimate of drug-likeness (QED) is 0.907. The summed E-state index contributed by atoms with van der Waals surface area (Å²) in [5, 5.41) is 3.35. The molecule has 0 radical (unpaired) electrons. The van der Waals surface area contributed by atoms with Gasteiger partial charge in [-0.15, -0.1) is 0 Å². The van der Waals surface area contributed by atoms with Gasteiger partial charge in [-0.3, -0.25) is 9.59 Å². The number of amides is 2. The Bertz CT molecular complexity index is 761. The lowest BCUT2D eigenvalue weighted by Gasteiger charge is -2.18. The van der Waals surface area contributed by atoms with Gasteiger partial charge in [0.2, 0.25) is 5.91 Å². The van der Waals surface area contributed by atoms with Crippen molar-refractivity contribution in [1.29, 1.82) is 0 Å². The van der Waals surface area contributed by atoms with Gasteiger partial charge >= 0.3 is 0 Å². The van der Waals surface area contributed by atoms with Crippen molar-refractivity contribution in [2.24, 2.45) is 0 Å². The van der Waals surface area contributed by atoms with E-state index in [9.17, 15) is 9.59 Å². The predicted octanol–water partition coefficient (Wildman–Crippen LogP) is 2.94. The van der Waals surface area contributed by atoms with Crippen LogP contribution in [0.3, 0.4) is 0 Å². The second kappa shape index (κ2) is 6.93. The lowest BCUT2D eigenvalue weighted by atomic mass is 10.1. The number of halogens is 1. The van der Waals surface area contributed by atoms with Gasteiger partial charge in [-0.2, -0.15) is 0 Å². The van der Waals surface area contributed by atoms with Crippen LogP contribution in [0.15, 0.2) is 48.5 Å². The fraction of sp³-hybridized carbons (Fsp3) is 0.222. The molecule has 5 nitrogen and oxygen atoms in total. The minimum Gasteiger partial charge on any atom is -0.492 e. The molecule has 0 unspecified atom stereocenters. The Balaban J connectivity index is 1.70. The molecule has 0 saturated heterocycles. The van der Waals surface area contributed by atoms with Crippen LogP contribution in [-0.4, -0.2) is 25.0 Å². The first-order valence-corrected chi connectivity index (χ1v) is 8.00. The maximum Gasteiger partial charge on any atom is 0.254 e. The van der Waals surface area contributed by atoms with Gasteiger partial charge in [0.25, 0.3) is 5.91 Å². The minimum absolute atomic E-state index is 0.147. The van der Waals surface area contributed by atoms with E-state index in [1.54, 1.807) is 29.2 Å². The topological polar surface area (TPSA) is 58.6 Å². The normalized spacial score (nSPS) is 16.0. The Morgan fingerprint density at radius 1 is 1.21 bits per heavy atom. The van der Waals surface area contributed by atoms with Crippen molar-refractivity contribution in [3.63, 3.8) is 0 Å². The summed E-state index contributed by atoms with van der Waals surface area (Å²) >= 11 is 5.84. The zero-order chi connectivity index (χ0) is 17.1. The third-order valence-electron chi connectivity index (χ3n) is 3.80. The highest BCUT2D eigenvalue weighted by Gasteiger charge is 2.37. The number of anilines is 1. The fourth-order valence-corrected chi connectivity index (χ4v) is 2.87. The van der Waals surface area contributed by atoms with Crippen molar-refractivity contribution in [2.45, 2.75) is 13.0 Å². The average Bonchev–Trinajstić information content (AvgIpc) is 2.82. The monoisotopic (exact) mass is 344 g/mol. The Kier molecular flexibility index (Phi) is 4.71. The molecular formula is C18H17ClN2O3. The van der Waals surface area contributed by atoms with Crippen LogP contribution in [0.2, 0.25) is 5.02 Å². The van der Waals surface area contributed by atoms with Gasteiger partial charge in [-0.1, -0.05) is 29.8 Å². The molecule has 0 fully saturated rings. The van der Waals surface area contributed by atoms with Crippen LogP contribution in [0.5, 0.6) is 5.75 Å². The van der Waals surface area contributed by atoms with Crippen molar-refractivity contribution < 1.29 is 14.3 Å². The van der Waals surface area contributed by atoms with Gasteiger partial charge < -0.3 is 15.0 Å². The van der Waals surface area contributed by atoms with Gasteiger partial charge in [0.1, 0.15) is 18.4 Å². The van der Waals surface area contributed by atoms with Crippen LogP contribution in [0.1, 0.15) is 18.5 Å². The standard InChI is InChI=1S/C18H17ClN2O3/c1-12(22)20-17-15-4-2-3-5-16(15)21(18(17)23)10-11-24-14-8-6-13(19)7-9-14/h2-9,17H,10-11H2,1H3,(H,20,22)/t17-/m1/s1. The van der Waals surface area contributed by atoms with Gasteiger partial charge in [0.05, 0.1) is 6.54 Å². The van der Waals surface area contributed by atoms with E-state index in [4.69, 9.17) is 16.3 Å². The zero-order valence-corrected chi connectivity index (χ0v) is 13.9. The van der Waals surface area contributed by atoms with Gasteiger partial charge in [-0.25, -0.2) is 0 Å². The molecule has 1 aliphatic rings. The first-order chi connectivity index (χ1) is 11.6. The molecule has 0 bridgehead atoms. The average molecular weight is 345 g/mol. The first-order valence-electron chi connectivity index (χ1n) is 7.62. The summed E-state index contributed by atoms with van der Waals surface area (Å²) in [6, 6.07) is 13.9. The SMILES string of the molecule is CC(=O)N[C@H]1C(=O)N(CCOc2ccc(Cl)cc2)c2ccccc21. The van der Waals surface area contributed by atoms with E-state index >= 15 is 0 Å². The Morgan fingerprint density at radius 2 is 1.92 bits per heavy atom. The lowest BCUT2D eigenvalue weighted by molar-refractivity contribution is -0.126. The Morgan fingerprint density at radius 3 is 2.62 bits per heavy atom. The van der Waals surface area contributed by atoms with E-state index in [0.29, 0.717) is 23.9 Å². The maximum atomic E-state index is 12.6. The number of nitrogens with one attached hydrogen (secondary N) is 1. The van der Waals surface area contributed by atoms with E-state index in [2.05, 4.69) is 5.32 Å². The number of carbonyl (C=O) groups is 2. The molecule has 1 N–H and O–H groups in total. The number of hydrogen-bond acceptors (Lipinski definition) is 3. The highest BCUT2D eigenvalue weighted by Crippen LogP contribution is 2.35. The third-order valence-corrected chi connectivity index (χ3v) is 4.05. The van der Waals surface area contributed by atoms with Gasteiger partial charge in [-0.05, 0) is 30.3 Å². The van der Waals surface area contributed by atoms with E-state index in [0.717, 1.165) is 11.3 Å². The molecule has 0 saturated carbocycles. The van der Waals surface area contributed by atoms with Crippen LogP contribution in [0.25, 0.3) is 0 Å². The van der Waals surface area contributed by atoms with E-state index in [1.165, 1.54) is 6.92 Å². The molecule has 0 spiro atoms. The summed E-state index contributed by atoms with van der Waals surface area (Å²) in [7, 11) is 0. The van der Waals surface area contributed by atoms with Crippen molar-refractivity contribution in [3.8, 4) is 5.75 Å². The molecule has 0 aromatic heterocycles. The summed E-state index contributed by atoms with van der Waals surface area (Å²) in [5.74, 6) is 0.311. The molecule has 2 aromatic carbocycles. The maximum absolute atomic E-state index is 12.6. The Labute approximate surface area is 145 Å². The molecule has 1 atom stereocenters. The summed E-state index contributed by atoms with van der Waals surface area (Å²) in [5.41, 5.74) is 1.62. The molecule has 2 aromatic rings. The molecule has 0 aliphatic carbocycles. The summed E-state index contributed by atoms with van der Waals surface area (Å²) in [6.07, 6.45) is 0. The van der Waals surface area contributed by atoms with Crippen LogP contribution in [0, 0.1) is 0 Å². The largest absolute Gasteiger partial charge is 0.492 e. The summed E-state index contributed by atoms with van der Waals surface area (Å²) < 4.78 is 5.66. The number of benzene rings is 2. The number of fused-ring (bicyclic) bond motifs is 1. The third kappa shape index (κ3) is 3.36. The first kappa shape index (κ1) is 16.3. The fourth-order valence-electron chi connectivity index (χ4n) is 2.74. The molecule has 124 valence electrons. The van der Waals surface area contributed by atoms with Gasteiger partial charge in [0.15, 0.2) is 0 Å². The summed E-state index contributed by atoms with van der Waals surface area (Å²) in [6.45, 7) is 2.14. The zero-order valence-electron chi connectivity index (χ0n) is 13.2. The van der Waals surface area contributed by atoms with Crippen molar-refractivity contribution in [2.75, 3.05) is 18.1 Å². The highest BCUT2D eigenvalue weighted by molar-refractivity contribution is 6.30. The van der Waals surface area contributed by atoms with E-state index < -0.39 is 6.04 Å². The van der Waals surface area contributed by atoms with Crippen LogP contribution in [0.4, 0.5) is 5.69 Å². The molecular weight excluding hydrogens is 328 g/mol. The van der Waals surface area contributed by atoms with Crippen molar-refractivity contribution in [1.82, 2.24) is 5.32 Å². The smallest absolute Gasteiger partial charge is 0.254 e. The predicted molar refractivity (Wildman–Crippen MR) is 92.3 cm³/mol.